The standard InChI is InChI=1S/C24H31N3O3/c1-7-21(30-6)16(4)27-17(5)22(18-10-8-9-11-20(18)27)24(29)25-13-19-14(2)12-15(3)26-23(19)28/h8-12,16,21H,7,13H2,1-6H3,(H,25,29)(H,26,28). The Morgan fingerprint density at radius 2 is 1.93 bits per heavy atom. The molecule has 2 unspecified atom stereocenters. The molecule has 0 aliphatic rings. The number of aromatic amines is 1. The number of hydrogen-bond acceptors (Lipinski definition) is 3. The summed E-state index contributed by atoms with van der Waals surface area (Å²) in [6.07, 6.45) is 0.921. The minimum atomic E-state index is -0.181. The minimum absolute atomic E-state index is 0.0455. The third-order valence-corrected chi connectivity index (χ3v) is 5.95. The van der Waals surface area contributed by atoms with Gasteiger partial charge in [0.1, 0.15) is 0 Å². The number of benzene rings is 1. The van der Waals surface area contributed by atoms with Crippen LogP contribution in [0.15, 0.2) is 35.1 Å². The van der Waals surface area contributed by atoms with Crippen LogP contribution in [-0.2, 0) is 11.3 Å². The van der Waals surface area contributed by atoms with E-state index in [1.165, 1.54) is 0 Å². The van der Waals surface area contributed by atoms with Crippen molar-refractivity contribution in [3.8, 4) is 0 Å². The molecule has 0 bridgehead atoms. The molecular formula is C24H31N3O3. The normalized spacial score (nSPS) is 13.4. The molecule has 30 heavy (non-hydrogen) atoms. The van der Waals surface area contributed by atoms with Gasteiger partial charge in [0.25, 0.3) is 11.5 Å². The monoisotopic (exact) mass is 409 g/mol. The second-order valence-electron chi connectivity index (χ2n) is 7.90. The van der Waals surface area contributed by atoms with Crippen LogP contribution < -0.4 is 10.9 Å². The van der Waals surface area contributed by atoms with Crippen LogP contribution in [0.5, 0.6) is 0 Å². The van der Waals surface area contributed by atoms with Gasteiger partial charge in [-0.3, -0.25) is 9.59 Å². The Balaban J connectivity index is 1.99. The predicted octanol–water partition coefficient (Wildman–Crippen LogP) is 4.17. The molecule has 0 aliphatic heterocycles. The first kappa shape index (κ1) is 21.8. The van der Waals surface area contributed by atoms with Gasteiger partial charge in [-0.1, -0.05) is 25.1 Å². The molecule has 2 aromatic heterocycles. The maximum Gasteiger partial charge on any atom is 0.254 e. The van der Waals surface area contributed by atoms with Crippen molar-refractivity contribution in [3.63, 3.8) is 0 Å². The average Bonchev–Trinajstić information content (AvgIpc) is 2.99. The summed E-state index contributed by atoms with van der Waals surface area (Å²) in [5.41, 5.74) is 4.64. The number of H-pyrrole nitrogens is 1. The van der Waals surface area contributed by atoms with E-state index in [-0.39, 0.29) is 30.2 Å². The molecule has 0 radical (unpaired) electrons. The fourth-order valence-corrected chi connectivity index (χ4v) is 4.43. The largest absolute Gasteiger partial charge is 0.379 e. The number of nitrogens with one attached hydrogen (secondary N) is 2. The van der Waals surface area contributed by atoms with Gasteiger partial charge in [-0.05, 0) is 51.8 Å². The summed E-state index contributed by atoms with van der Waals surface area (Å²) in [6, 6.07) is 9.92. The second-order valence-corrected chi connectivity index (χ2v) is 7.90. The molecule has 0 spiro atoms. The summed E-state index contributed by atoms with van der Waals surface area (Å²) in [5.74, 6) is -0.181. The molecule has 0 saturated carbocycles. The molecule has 6 heteroatoms. The number of carbonyl (C=O) groups excluding carboxylic acids is 1. The summed E-state index contributed by atoms with van der Waals surface area (Å²) in [7, 11) is 1.72. The van der Waals surface area contributed by atoms with Gasteiger partial charge in [0.15, 0.2) is 0 Å². The van der Waals surface area contributed by atoms with Crippen molar-refractivity contribution in [3.05, 3.63) is 68.8 Å². The maximum absolute atomic E-state index is 13.2. The van der Waals surface area contributed by atoms with Gasteiger partial charge in [-0.25, -0.2) is 0 Å². The molecule has 0 aliphatic carbocycles. The molecule has 6 nitrogen and oxygen atoms in total. The van der Waals surface area contributed by atoms with E-state index < -0.39 is 0 Å². The number of amides is 1. The number of nitrogens with zero attached hydrogens (tertiary/aromatic N) is 1. The van der Waals surface area contributed by atoms with Crippen molar-refractivity contribution in [1.82, 2.24) is 14.9 Å². The molecule has 160 valence electrons. The smallest absolute Gasteiger partial charge is 0.254 e. The number of fused-ring (bicyclic) bond motifs is 1. The fourth-order valence-electron chi connectivity index (χ4n) is 4.43. The average molecular weight is 410 g/mol. The van der Waals surface area contributed by atoms with Crippen LogP contribution in [0.1, 0.15) is 59.2 Å². The van der Waals surface area contributed by atoms with E-state index in [1.807, 2.05) is 51.1 Å². The first-order chi connectivity index (χ1) is 14.3. The number of para-hydroxylation sites is 1. The molecule has 3 aromatic rings. The van der Waals surface area contributed by atoms with Gasteiger partial charge in [0.2, 0.25) is 0 Å². The van der Waals surface area contributed by atoms with Crippen LogP contribution in [0.3, 0.4) is 0 Å². The predicted molar refractivity (Wildman–Crippen MR) is 120 cm³/mol. The van der Waals surface area contributed by atoms with Gasteiger partial charge in [0, 0.05) is 41.5 Å². The van der Waals surface area contributed by atoms with Crippen LogP contribution >= 0.6 is 0 Å². The van der Waals surface area contributed by atoms with Crippen LogP contribution in [0.2, 0.25) is 0 Å². The van der Waals surface area contributed by atoms with E-state index in [4.69, 9.17) is 4.74 Å². The van der Waals surface area contributed by atoms with Crippen LogP contribution in [0.4, 0.5) is 0 Å². The molecule has 0 fully saturated rings. The molecule has 3 rings (SSSR count). The Kier molecular flexibility index (Phi) is 6.46. The van der Waals surface area contributed by atoms with Crippen LogP contribution in [0, 0.1) is 20.8 Å². The number of ether oxygens (including phenoxy) is 1. The lowest BCUT2D eigenvalue weighted by Crippen LogP contribution is -2.29. The van der Waals surface area contributed by atoms with Gasteiger partial charge in [-0.15, -0.1) is 0 Å². The fraction of sp³-hybridized carbons (Fsp3) is 0.417. The number of aryl methyl sites for hydroxylation is 2. The van der Waals surface area contributed by atoms with Crippen LogP contribution in [0.25, 0.3) is 10.9 Å². The molecule has 0 saturated heterocycles. The first-order valence-electron chi connectivity index (χ1n) is 10.4. The van der Waals surface area contributed by atoms with Crippen molar-refractivity contribution in [2.45, 2.75) is 59.7 Å². The van der Waals surface area contributed by atoms with Gasteiger partial charge >= 0.3 is 0 Å². The quantitative estimate of drug-likeness (QED) is 0.615. The zero-order chi connectivity index (χ0) is 22.0. The molecule has 2 heterocycles. The molecule has 1 amide bonds. The lowest BCUT2D eigenvalue weighted by atomic mass is 10.1. The number of aromatic nitrogens is 2. The zero-order valence-corrected chi connectivity index (χ0v) is 18.6. The summed E-state index contributed by atoms with van der Waals surface area (Å²) in [4.78, 5) is 28.3. The molecule has 2 N–H and O–H groups in total. The molecular weight excluding hydrogens is 378 g/mol. The highest BCUT2D eigenvalue weighted by atomic mass is 16.5. The Hall–Kier alpha value is -2.86. The lowest BCUT2D eigenvalue weighted by Gasteiger charge is -2.25. The van der Waals surface area contributed by atoms with Crippen molar-refractivity contribution in [1.29, 1.82) is 0 Å². The first-order valence-corrected chi connectivity index (χ1v) is 10.4. The van der Waals surface area contributed by atoms with E-state index in [1.54, 1.807) is 7.11 Å². The topological polar surface area (TPSA) is 76.1 Å². The van der Waals surface area contributed by atoms with E-state index >= 15 is 0 Å². The Morgan fingerprint density at radius 1 is 1.23 bits per heavy atom. The Morgan fingerprint density at radius 3 is 2.57 bits per heavy atom. The SMILES string of the molecule is CCC(OC)C(C)n1c(C)c(C(=O)NCc2c(C)cc(C)[nH]c2=O)c2ccccc21. The third-order valence-electron chi connectivity index (χ3n) is 5.95. The summed E-state index contributed by atoms with van der Waals surface area (Å²) < 4.78 is 7.86. The van der Waals surface area contributed by atoms with Gasteiger partial charge in [-0.2, -0.15) is 0 Å². The summed E-state index contributed by atoms with van der Waals surface area (Å²) >= 11 is 0. The molecule has 1 aromatic carbocycles. The summed E-state index contributed by atoms with van der Waals surface area (Å²) in [5, 5.41) is 3.86. The number of pyridine rings is 1. The second kappa shape index (κ2) is 8.88. The van der Waals surface area contributed by atoms with E-state index in [0.717, 1.165) is 34.3 Å². The highest BCUT2D eigenvalue weighted by Crippen LogP contribution is 2.31. The Labute approximate surface area is 177 Å². The summed E-state index contributed by atoms with van der Waals surface area (Å²) in [6.45, 7) is 10.1. The van der Waals surface area contributed by atoms with Crippen molar-refractivity contribution < 1.29 is 9.53 Å². The van der Waals surface area contributed by atoms with Gasteiger partial charge < -0.3 is 19.6 Å². The number of methoxy groups -OCH3 is 1. The van der Waals surface area contributed by atoms with Gasteiger partial charge in [0.05, 0.1) is 17.7 Å². The lowest BCUT2D eigenvalue weighted by molar-refractivity contribution is 0.0605. The van der Waals surface area contributed by atoms with E-state index in [0.29, 0.717) is 11.1 Å². The molecule has 2 atom stereocenters. The number of rotatable bonds is 7. The number of carbonyl (C=O) groups is 1. The Bertz CT molecular complexity index is 1120. The minimum Gasteiger partial charge on any atom is -0.379 e. The number of hydrogen-bond donors (Lipinski definition) is 2. The zero-order valence-electron chi connectivity index (χ0n) is 18.6. The highest BCUT2D eigenvalue weighted by molar-refractivity contribution is 6.08. The third kappa shape index (κ3) is 3.92. The van der Waals surface area contributed by atoms with Crippen molar-refractivity contribution in [2.75, 3.05) is 7.11 Å². The maximum atomic E-state index is 13.2. The van der Waals surface area contributed by atoms with E-state index in [2.05, 4.69) is 28.7 Å². The van der Waals surface area contributed by atoms with Crippen molar-refractivity contribution in [2.24, 2.45) is 0 Å². The van der Waals surface area contributed by atoms with Crippen LogP contribution in [-0.4, -0.2) is 28.7 Å². The van der Waals surface area contributed by atoms with E-state index in [9.17, 15) is 9.59 Å². The van der Waals surface area contributed by atoms with Crippen molar-refractivity contribution >= 4 is 16.8 Å². The highest BCUT2D eigenvalue weighted by Gasteiger charge is 2.25.